The van der Waals surface area contributed by atoms with Crippen LogP contribution in [0.1, 0.15) is 50.3 Å². The van der Waals surface area contributed by atoms with Crippen LogP contribution in [0.15, 0.2) is 28.1 Å². The molecule has 10 heteroatoms. The maximum absolute atomic E-state index is 12.7. The van der Waals surface area contributed by atoms with Crippen LogP contribution >= 0.6 is 12.2 Å². The second-order valence-corrected chi connectivity index (χ2v) is 7.59. The molecule has 3 rings (SSSR count). The first-order chi connectivity index (χ1) is 14.8. The van der Waals surface area contributed by atoms with E-state index in [2.05, 4.69) is 10.1 Å². The number of hydrogen-bond donors (Lipinski definition) is 2. The Morgan fingerprint density at radius 1 is 1.32 bits per heavy atom. The molecular formula is C21H26N4O5S. The van der Waals surface area contributed by atoms with Crippen LogP contribution in [0.25, 0.3) is 0 Å². The zero-order valence-electron chi connectivity index (χ0n) is 18.0. The average Bonchev–Trinajstić information content (AvgIpc) is 3.18. The molecule has 2 aromatic rings. The Labute approximate surface area is 184 Å². The Bertz CT molecular complexity index is 1140. The van der Waals surface area contributed by atoms with Gasteiger partial charge in [-0.3, -0.25) is 19.1 Å². The highest BCUT2D eigenvalue weighted by Crippen LogP contribution is 2.37. The molecule has 166 valence electrons. The lowest BCUT2D eigenvalue weighted by molar-refractivity contribution is -0.130. The lowest BCUT2D eigenvalue weighted by Gasteiger charge is -2.21. The first-order valence-electron chi connectivity index (χ1n) is 9.98. The number of ether oxygens (including phenoxy) is 2. The van der Waals surface area contributed by atoms with Crippen molar-refractivity contribution in [3.8, 4) is 17.4 Å². The summed E-state index contributed by atoms with van der Waals surface area (Å²) in [4.78, 5) is 27.6. The maximum atomic E-state index is 12.7. The Kier molecular flexibility index (Phi) is 6.79. The number of rotatable bonds is 7. The molecule has 1 aliphatic rings. The van der Waals surface area contributed by atoms with E-state index in [0.717, 1.165) is 18.4 Å². The van der Waals surface area contributed by atoms with Crippen LogP contribution in [-0.2, 0) is 11.3 Å². The van der Waals surface area contributed by atoms with Gasteiger partial charge in [0.25, 0.3) is 5.56 Å². The number of unbranched alkanes of at least 4 members (excludes halogenated alkanes) is 1. The number of hydrazone groups is 1. The van der Waals surface area contributed by atoms with E-state index in [0.29, 0.717) is 23.8 Å². The summed E-state index contributed by atoms with van der Waals surface area (Å²) in [5.74, 6) is 0.555. The normalized spacial score (nSPS) is 15.7. The third-order valence-electron chi connectivity index (χ3n) is 5.22. The second-order valence-electron chi connectivity index (χ2n) is 7.21. The summed E-state index contributed by atoms with van der Waals surface area (Å²) < 4.78 is 12.3. The molecule has 0 bridgehead atoms. The van der Waals surface area contributed by atoms with Crippen LogP contribution in [-0.4, -0.2) is 45.5 Å². The molecule has 0 radical (unpaired) electrons. The van der Waals surface area contributed by atoms with Crippen molar-refractivity contribution in [1.82, 2.24) is 14.6 Å². The van der Waals surface area contributed by atoms with E-state index < -0.39 is 11.6 Å². The Balaban J connectivity index is 2.06. The molecule has 0 saturated heterocycles. The molecule has 1 aromatic heterocycles. The Morgan fingerprint density at radius 2 is 2.03 bits per heavy atom. The van der Waals surface area contributed by atoms with E-state index in [9.17, 15) is 14.7 Å². The van der Waals surface area contributed by atoms with Crippen molar-refractivity contribution in [1.29, 1.82) is 0 Å². The number of methoxy groups -OCH3 is 2. The van der Waals surface area contributed by atoms with Crippen molar-refractivity contribution in [3.05, 3.63) is 44.5 Å². The van der Waals surface area contributed by atoms with Gasteiger partial charge in [-0.05, 0) is 36.3 Å². The van der Waals surface area contributed by atoms with Gasteiger partial charge in [0, 0.05) is 19.9 Å². The third kappa shape index (κ3) is 4.34. The fourth-order valence-corrected chi connectivity index (χ4v) is 3.89. The number of carbonyl (C=O) groups excluding carboxylic acids is 1. The molecule has 1 aromatic carbocycles. The van der Waals surface area contributed by atoms with Crippen molar-refractivity contribution in [2.24, 2.45) is 5.10 Å². The first-order valence-corrected chi connectivity index (χ1v) is 10.4. The average molecular weight is 447 g/mol. The van der Waals surface area contributed by atoms with Crippen molar-refractivity contribution >= 4 is 23.8 Å². The zero-order chi connectivity index (χ0) is 22.7. The minimum Gasteiger partial charge on any atom is -0.494 e. The number of H-pyrrole nitrogens is 1. The van der Waals surface area contributed by atoms with Gasteiger partial charge in [-0.1, -0.05) is 19.4 Å². The van der Waals surface area contributed by atoms with E-state index in [1.165, 1.54) is 23.6 Å². The number of aromatic nitrogens is 2. The minimum absolute atomic E-state index is 0.0268. The van der Waals surface area contributed by atoms with Crippen molar-refractivity contribution < 1.29 is 19.4 Å². The number of carbonyl (C=O) groups is 1. The minimum atomic E-state index is -0.537. The molecule has 31 heavy (non-hydrogen) atoms. The summed E-state index contributed by atoms with van der Waals surface area (Å²) in [5.41, 5.74) is 0.569. The molecule has 0 aliphatic carbocycles. The van der Waals surface area contributed by atoms with Gasteiger partial charge in [-0.2, -0.15) is 5.10 Å². The maximum Gasteiger partial charge on any atom is 0.264 e. The van der Waals surface area contributed by atoms with E-state index in [-0.39, 0.29) is 28.5 Å². The topological polar surface area (TPSA) is 109 Å². The summed E-state index contributed by atoms with van der Waals surface area (Å²) in [6, 6.07) is 4.88. The van der Waals surface area contributed by atoms with Gasteiger partial charge in [0.1, 0.15) is 5.56 Å². The zero-order valence-corrected chi connectivity index (χ0v) is 18.8. The third-order valence-corrected chi connectivity index (χ3v) is 5.54. The second kappa shape index (κ2) is 9.34. The smallest absolute Gasteiger partial charge is 0.264 e. The van der Waals surface area contributed by atoms with Gasteiger partial charge in [0.05, 0.1) is 26.0 Å². The highest BCUT2D eigenvalue weighted by atomic mass is 32.1. The van der Waals surface area contributed by atoms with Gasteiger partial charge >= 0.3 is 0 Å². The van der Waals surface area contributed by atoms with Crippen molar-refractivity contribution in [2.75, 3.05) is 14.2 Å². The van der Waals surface area contributed by atoms with Gasteiger partial charge in [0.15, 0.2) is 16.3 Å². The lowest BCUT2D eigenvalue weighted by Crippen LogP contribution is -2.24. The number of nitrogens with one attached hydrogen (secondary N) is 1. The highest BCUT2D eigenvalue weighted by Gasteiger charge is 2.34. The summed E-state index contributed by atoms with van der Waals surface area (Å²) in [7, 11) is 3.08. The number of amides is 1. The summed E-state index contributed by atoms with van der Waals surface area (Å²) in [6.07, 6.45) is 1.93. The SMILES string of the molecule is CCCCn1c(O)c(C2=NN(C(C)=O)[C@@H](c3ccc(OC)c(OC)c3)C2)c(=O)[nH]c1=S. The molecule has 9 nitrogen and oxygen atoms in total. The Hall–Kier alpha value is -3.14. The number of aromatic hydroxyl groups is 1. The molecule has 0 unspecified atom stereocenters. The van der Waals surface area contributed by atoms with Gasteiger partial charge in [-0.15, -0.1) is 0 Å². The van der Waals surface area contributed by atoms with Crippen LogP contribution in [0.4, 0.5) is 0 Å². The molecule has 1 amide bonds. The predicted octanol–water partition coefficient (Wildman–Crippen LogP) is 3.13. The summed E-state index contributed by atoms with van der Waals surface area (Å²) >= 11 is 5.21. The molecule has 1 aliphatic heterocycles. The quantitative estimate of drug-likeness (QED) is 0.633. The molecule has 2 heterocycles. The number of hydrogen-bond acceptors (Lipinski definition) is 7. The molecule has 1 atom stereocenters. The number of benzene rings is 1. The van der Waals surface area contributed by atoms with Crippen molar-refractivity contribution in [2.45, 2.75) is 45.7 Å². The van der Waals surface area contributed by atoms with Crippen LogP contribution in [0.2, 0.25) is 0 Å². The fraction of sp³-hybridized carbons (Fsp3) is 0.429. The predicted molar refractivity (Wildman–Crippen MR) is 118 cm³/mol. The van der Waals surface area contributed by atoms with Crippen LogP contribution in [0.5, 0.6) is 17.4 Å². The van der Waals surface area contributed by atoms with E-state index in [1.807, 2.05) is 13.0 Å². The highest BCUT2D eigenvalue weighted by molar-refractivity contribution is 7.71. The van der Waals surface area contributed by atoms with Gasteiger partial charge < -0.3 is 14.6 Å². The van der Waals surface area contributed by atoms with Crippen LogP contribution < -0.4 is 15.0 Å². The largest absolute Gasteiger partial charge is 0.494 e. The van der Waals surface area contributed by atoms with E-state index >= 15 is 0 Å². The van der Waals surface area contributed by atoms with Crippen LogP contribution in [0, 0.1) is 4.77 Å². The van der Waals surface area contributed by atoms with Crippen LogP contribution in [0.3, 0.4) is 0 Å². The molecule has 2 N–H and O–H groups in total. The molecular weight excluding hydrogens is 420 g/mol. The first kappa shape index (κ1) is 22.5. The lowest BCUT2D eigenvalue weighted by atomic mass is 9.98. The standard InChI is InChI=1S/C21H26N4O5S/c1-5-6-9-24-20(28)18(19(27)22-21(24)31)14-11-15(25(23-14)12(2)26)13-7-8-16(29-3)17(10-13)30-4/h7-8,10,15,28H,5-6,9,11H2,1-4H3,(H,22,27,31)/t15-/m1/s1. The summed E-state index contributed by atoms with van der Waals surface area (Å²) in [6.45, 7) is 3.89. The van der Waals surface area contributed by atoms with Gasteiger partial charge in [-0.25, -0.2) is 5.01 Å². The summed E-state index contributed by atoms with van der Waals surface area (Å²) in [5, 5.41) is 16.5. The fourth-order valence-electron chi connectivity index (χ4n) is 3.61. The molecule has 0 fully saturated rings. The molecule has 0 saturated carbocycles. The number of nitrogens with zero attached hydrogens (tertiary/aromatic N) is 3. The monoisotopic (exact) mass is 446 g/mol. The van der Waals surface area contributed by atoms with Gasteiger partial charge in [0.2, 0.25) is 11.8 Å². The van der Waals surface area contributed by atoms with E-state index in [1.54, 1.807) is 19.2 Å². The Morgan fingerprint density at radius 3 is 2.65 bits per heavy atom. The van der Waals surface area contributed by atoms with E-state index in [4.69, 9.17) is 21.7 Å². The van der Waals surface area contributed by atoms with Crippen molar-refractivity contribution in [3.63, 3.8) is 0 Å². The number of aromatic amines is 1. The molecule has 0 spiro atoms.